The van der Waals surface area contributed by atoms with Crippen LogP contribution in [0.3, 0.4) is 0 Å². The molecule has 174 valence electrons. The van der Waals surface area contributed by atoms with Crippen LogP contribution < -0.4 is 19.7 Å². The molecule has 5 aromatic carbocycles. The van der Waals surface area contributed by atoms with Crippen LogP contribution in [0.2, 0.25) is 0 Å². The zero-order valence-electron chi connectivity index (χ0n) is 19.2. The summed E-state index contributed by atoms with van der Waals surface area (Å²) in [6.07, 6.45) is 0. The molecule has 0 amide bonds. The Bertz CT molecular complexity index is 1710. The molecule has 4 nitrogen and oxygen atoms in total. The molecule has 0 spiro atoms. The largest absolute Gasteiger partial charge is 0.470 e. The number of H-pyrrole nitrogens is 2. The standard InChI is InChI=1S/C30H22N2O2P2/c1-3-9-19(10-4-1)35-33-27-15-7-13-21-23-17-26-24(18-25(23)31-29(21)27)22-14-8-16-28(30(22)32-26)34-36-20-11-5-2-6-12-20/h1-18,31-32,35-36H. The van der Waals surface area contributed by atoms with Crippen LogP contribution in [0.4, 0.5) is 0 Å². The van der Waals surface area contributed by atoms with E-state index in [1.54, 1.807) is 0 Å². The van der Waals surface area contributed by atoms with Gasteiger partial charge in [-0.25, -0.2) is 0 Å². The first-order valence-electron chi connectivity index (χ1n) is 11.8. The maximum Gasteiger partial charge on any atom is 0.147 e. The highest BCUT2D eigenvalue weighted by atomic mass is 31.1. The van der Waals surface area contributed by atoms with E-state index >= 15 is 0 Å². The van der Waals surface area contributed by atoms with Gasteiger partial charge in [0.15, 0.2) is 0 Å². The highest BCUT2D eigenvalue weighted by Gasteiger charge is 2.14. The number of hydrogen-bond acceptors (Lipinski definition) is 2. The third-order valence-electron chi connectivity index (χ3n) is 6.42. The van der Waals surface area contributed by atoms with Gasteiger partial charge in [0.2, 0.25) is 0 Å². The number of benzene rings is 5. The van der Waals surface area contributed by atoms with Crippen LogP contribution in [0.5, 0.6) is 11.5 Å². The van der Waals surface area contributed by atoms with Gasteiger partial charge in [0.05, 0.1) is 11.0 Å². The van der Waals surface area contributed by atoms with Crippen LogP contribution in [0, 0.1) is 0 Å². The molecule has 0 radical (unpaired) electrons. The molecule has 2 aromatic heterocycles. The van der Waals surface area contributed by atoms with E-state index in [1.807, 2.05) is 48.5 Å². The maximum atomic E-state index is 6.24. The van der Waals surface area contributed by atoms with Crippen molar-refractivity contribution in [2.45, 2.75) is 0 Å². The number of para-hydroxylation sites is 2. The normalized spacial score (nSPS) is 12.2. The van der Waals surface area contributed by atoms with Crippen LogP contribution in [0.15, 0.2) is 109 Å². The minimum atomic E-state index is 0.257. The predicted octanol–water partition coefficient (Wildman–Crippen LogP) is 7.55. The van der Waals surface area contributed by atoms with Gasteiger partial charge in [-0.2, -0.15) is 0 Å². The van der Waals surface area contributed by atoms with E-state index in [4.69, 9.17) is 9.05 Å². The maximum absolute atomic E-state index is 6.24. The summed E-state index contributed by atoms with van der Waals surface area (Å²) >= 11 is 0. The van der Waals surface area contributed by atoms with E-state index in [0.717, 1.165) is 44.3 Å². The number of aromatic nitrogens is 2. The summed E-state index contributed by atoms with van der Waals surface area (Å²) in [5, 5.41) is 7.01. The number of rotatable bonds is 6. The molecule has 0 aliphatic heterocycles. The summed E-state index contributed by atoms with van der Waals surface area (Å²) in [6, 6.07) is 37.5. The molecule has 0 aliphatic rings. The van der Waals surface area contributed by atoms with Gasteiger partial charge in [0, 0.05) is 43.2 Å². The van der Waals surface area contributed by atoms with E-state index in [1.165, 1.54) is 21.4 Å². The van der Waals surface area contributed by atoms with Gasteiger partial charge in [-0.15, -0.1) is 0 Å². The van der Waals surface area contributed by atoms with Gasteiger partial charge < -0.3 is 19.0 Å². The SMILES string of the molecule is c1ccc(POc2cccc3c2[nH]c2cc4c(cc23)[nH]c2c(OPc3ccccc3)cccc24)cc1. The highest BCUT2D eigenvalue weighted by molar-refractivity contribution is 7.42. The topological polar surface area (TPSA) is 50.0 Å². The van der Waals surface area contributed by atoms with Gasteiger partial charge in [0.1, 0.15) is 29.1 Å². The van der Waals surface area contributed by atoms with E-state index in [2.05, 4.69) is 70.6 Å². The van der Waals surface area contributed by atoms with Crippen molar-refractivity contribution in [3.63, 3.8) is 0 Å². The van der Waals surface area contributed by atoms with Crippen LogP contribution in [0.25, 0.3) is 43.6 Å². The molecule has 2 heterocycles. The average Bonchev–Trinajstić information content (AvgIpc) is 3.49. The molecule has 2 unspecified atom stereocenters. The van der Waals surface area contributed by atoms with Crippen molar-refractivity contribution >= 4 is 71.8 Å². The second-order valence-electron chi connectivity index (χ2n) is 8.69. The molecule has 7 rings (SSSR count). The Kier molecular flexibility index (Phi) is 5.35. The fraction of sp³-hybridized carbons (Fsp3) is 0. The molecule has 2 atom stereocenters. The van der Waals surface area contributed by atoms with Crippen molar-refractivity contribution in [2.24, 2.45) is 0 Å². The van der Waals surface area contributed by atoms with Gasteiger partial charge in [0.25, 0.3) is 0 Å². The Morgan fingerprint density at radius 1 is 0.444 bits per heavy atom. The summed E-state index contributed by atoms with van der Waals surface area (Å²) in [6.45, 7) is 0. The van der Waals surface area contributed by atoms with Crippen molar-refractivity contribution in [1.82, 2.24) is 9.97 Å². The smallest absolute Gasteiger partial charge is 0.147 e. The Morgan fingerprint density at radius 2 is 0.889 bits per heavy atom. The third-order valence-corrected chi connectivity index (χ3v) is 8.20. The first kappa shape index (κ1) is 21.4. The van der Waals surface area contributed by atoms with Gasteiger partial charge in [-0.3, -0.25) is 0 Å². The number of hydrogen-bond donors (Lipinski definition) is 2. The first-order valence-corrected chi connectivity index (χ1v) is 13.6. The van der Waals surface area contributed by atoms with Crippen molar-refractivity contribution in [2.75, 3.05) is 0 Å². The van der Waals surface area contributed by atoms with Crippen LogP contribution >= 0.6 is 17.6 Å². The summed E-state index contributed by atoms with van der Waals surface area (Å²) < 4.78 is 12.5. The molecule has 0 fully saturated rings. The molecule has 36 heavy (non-hydrogen) atoms. The van der Waals surface area contributed by atoms with E-state index in [9.17, 15) is 0 Å². The van der Waals surface area contributed by atoms with Crippen molar-refractivity contribution in [1.29, 1.82) is 0 Å². The third kappa shape index (κ3) is 3.80. The lowest BCUT2D eigenvalue weighted by molar-refractivity contribution is 0.644. The molecule has 7 aromatic rings. The predicted molar refractivity (Wildman–Crippen MR) is 155 cm³/mol. The molecular weight excluding hydrogens is 482 g/mol. The molecule has 2 N–H and O–H groups in total. The minimum Gasteiger partial charge on any atom is -0.470 e. The first-order chi connectivity index (χ1) is 17.8. The number of aromatic amines is 2. The molecule has 0 saturated carbocycles. The summed E-state index contributed by atoms with van der Waals surface area (Å²) in [5.41, 5.74) is 4.24. The molecule has 0 saturated heterocycles. The van der Waals surface area contributed by atoms with Crippen molar-refractivity contribution in [3.05, 3.63) is 109 Å². The zero-order valence-corrected chi connectivity index (χ0v) is 21.2. The fourth-order valence-electron chi connectivity index (χ4n) is 4.70. The van der Waals surface area contributed by atoms with E-state index in [-0.39, 0.29) is 17.6 Å². The van der Waals surface area contributed by atoms with Gasteiger partial charge in [-0.05, 0) is 24.3 Å². The Labute approximate surface area is 211 Å². The van der Waals surface area contributed by atoms with Gasteiger partial charge in [-0.1, -0.05) is 84.9 Å². The number of nitrogens with one attached hydrogen (secondary N) is 2. The van der Waals surface area contributed by atoms with Crippen LogP contribution in [-0.4, -0.2) is 9.97 Å². The van der Waals surface area contributed by atoms with Crippen LogP contribution in [0.1, 0.15) is 0 Å². The molecule has 6 heteroatoms. The fourth-order valence-corrected chi connectivity index (χ4v) is 6.15. The second kappa shape index (κ2) is 8.99. The lowest BCUT2D eigenvalue weighted by Crippen LogP contribution is -1.95. The van der Waals surface area contributed by atoms with Crippen molar-refractivity contribution in [3.8, 4) is 11.5 Å². The average molecular weight is 504 g/mol. The highest BCUT2D eigenvalue weighted by Crippen LogP contribution is 2.39. The van der Waals surface area contributed by atoms with Gasteiger partial charge >= 0.3 is 0 Å². The Balaban J connectivity index is 1.28. The van der Waals surface area contributed by atoms with E-state index < -0.39 is 0 Å². The quantitative estimate of drug-likeness (QED) is 0.230. The van der Waals surface area contributed by atoms with E-state index in [0.29, 0.717) is 0 Å². The number of fused-ring (bicyclic) bond motifs is 6. The molecule has 0 aliphatic carbocycles. The van der Waals surface area contributed by atoms with Crippen molar-refractivity contribution < 1.29 is 9.05 Å². The second-order valence-corrected chi connectivity index (χ2v) is 10.7. The zero-order chi connectivity index (χ0) is 23.9. The minimum absolute atomic E-state index is 0.257. The lowest BCUT2D eigenvalue weighted by Gasteiger charge is -2.06. The molecule has 0 bridgehead atoms. The Hall–Kier alpha value is -3.84. The molecular formula is C30H22N2O2P2. The monoisotopic (exact) mass is 504 g/mol. The lowest BCUT2D eigenvalue weighted by atomic mass is 10.1. The summed E-state index contributed by atoms with van der Waals surface area (Å²) in [5.74, 6) is 1.74. The summed E-state index contributed by atoms with van der Waals surface area (Å²) in [7, 11) is 0.513. The Morgan fingerprint density at radius 3 is 1.33 bits per heavy atom. The van der Waals surface area contributed by atoms with Crippen LogP contribution in [-0.2, 0) is 0 Å². The summed E-state index contributed by atoms with van der Waals surface area (Å²) in [4.78, 5) is 7.25.